The summed E-state index contributed by atoms with van der Waals surface area (Å²) >= 11 is 0. The molecule has 0 saturated heterocycles. The van der Waals surface area contributed by atoms with Crippen molar-refractivity contribution in [3.63, 3.8) is 0 Å². The van der Waals surface area contributed by atoms with E-state index in [0.717, 1.165) is 11.8 Å². The molecule has 0 spiro atoms. The standard InChI is InChI=1S/C13H16O3S/c1-4-6-12(14)13(17(3,15)16)11-8-5-7-10(2)9-11/h1,5,7-9,12-14H,6H2,2-3H3. The lowest BCUT2D eigenvalue weighted by Crippen LogP contribution is -2.25. The van der Waals surface area contributed by atoms with Crippen molar-refractivity contribution in [2.24, 2.45) is 0 Å². The first kappa shape index (κ1) is 13.8. The molecule has 0 amide bonds. The summed E-state index contributed by atoms with van der Waals surface area (Å²) in [6, 6.07) is 7.09. The van der Waals surface area contributed by atoms with Crippen molar-refractivity contribution >= 4 is 9.84 Å². The molecule has 17 heavy (non-hydrogen) atoms. The average molecular weight is 252 g/mol. The first-order chi connectivity index (χ1) is 7.86. The second-order valence-electron chi connectivity index (χ2n) is 4.14. The lowest BCUT2D eigenvalue weighted by molar-refractivity contribution is 0.174. The number of hydrogen-bond donors (Lipinski definition) is 1. The molecule has 4 heteroatoms. The van der Waals surface area contributed by atoms with Gasteiger partial charge in [-0.05, 0) is 12.5 Å². The van der Waals surface area contributed by atoms with E-state index >= 15 is 0 Å². The molecule has 0 saturated carbocycles. The maximum absolute atomic E-state index is 11.7. The van der Waals surface area contributed by atoms with Crippen LogP contribution in [0, 0.1) is 19.3 Å². The predicted octanol–water partition coefficient (Wildman–Crippen LogP) is 1.46. The van der Waals surface area contributed by atoms with E-state index in [2.05, 4.69) is 5.92 Å². The monoisotopic (exact) mass is 252 g/mol. The molecule has 0 aromatic heterocycles. The maximum Gasteiger partial charge on any atom is 0.157 e. The summed E-state index contributed by atoms with van der Waals surface area (Å²) in [6.07, 6.45) is 5.17. The summed E-state index contributed by atoms with van der Waals surface area (Å²) in [7, 11) is -3.40. The van der Waals surface area contributed by atoms with Crippen molar-refractivity contribution < 1.29 is 13.5 Å². The molecule has 0 heterocycles. The lowest BCUT2D eigenvalue weighted by atomic mass is 10.0. The minimum absolute atomic E-state index is 0.0195. The number of aryl methyl sites for hydroxylation is 1. The quantitative estimate of drug-likeness (QED) is 0.825. The van der Waals surface area contributed by atoms with Gasteiger partial charge in [-0.1, -0.05) is 29.8 Å². The fourth-order valence-electron chi connectivity index (χ4n) is 1.83. The van der Waals surface area contributed by atoms with Crippen LogP contribution in [0.4, 0.5) is 0 Å². The molecule has 1 aromatic carbocycles. The Hall–Kier alpha value is -1.31. The molecule has 0 aliphatic carbocycles. The largest absolute Gasteiger partial charge is 0.390 e. The van der Waals surface area contributed by atoms with Gasteiger partial charge in [-0.15, -0.1) is 12.3 Å². The molecular weight excluding hydrogens is 236 g/mol. The van der Waals surface area contributed by atoms with Crippen molar-refractivity contribution in [2.75, 3.05) is 6.26 Å². The van der Waals surface area contributed by atoms with Crippen molar-refractivity contribution in [2.45, 2.75) is 24.7 Å². The van der Waals surface area contributed by atoms with Crippen LogP contribution < -0.4 is 0 Å². The average Bonchev–Trinajstić information content (AvgIpc) is 2.15. The van der Waals surface area contributed by atoms with Crippen LogP contribution in [0.2, 0.25) is 0 Å². The van der Waals surface area contributed by atoms with Gasteiger partial charge in [0.25, 0.3) is 0 Å². The van der Waals surface area contributed by atoms with Crippen LogP contribution in [-0.2, 0) is 9.84 Å². The minimum Gasteiger partial charge on any atom is -0.390 e. The van der Waals surface area contributed by atoms with Gasteiger partial charge in [-0.2, -0.15) is 0 Å². The number of aliphatic hydroxyl groups excluding tert-OH is 1. The van der Waals surface area contributed by atoms with Crippen molar-refractivity contribution in [1.29, 1.82) is 0 Å². The van der Waals surface area contributed by atoms with Crippen molar-refractivity contribution in [3.05, 3.63) is 35.4 Å². The topological polar surface area (TPSA) is 54.4 Å². The minimum atomic E-state index is -3.40. The summed E-state index contributed by atoms with van der Waals surface area (Å²) in [5, 5.41) is 8.91. The van der Waals surface area contributed by atoms with Gasteiger partial charge in [0.1, 0.15) is 5.25 Å². The van der Waals surface area contributed by atoms with E-state index in [-0.39, 0.29) is 6.42 Å². The number of hydrogen-bond acceptors (Lipinski definition) is 3. The Morgan fingerprint density at radius 3 is 2.59 bits per heavy atom. The Morgan fingerprint density at radius 1 is 1.47 bits per heavy atom. The summed E-state index contributed by atoms with van der Waals surface area (Å²) in [4.78, 5) is 0. The van der Waals surface area contributed by atoms with Gasteiger partial charge in [0.05, 0.1) is 6.10 Å². The third-order valence-corrected chi connectivity index (χ3v) is 4.02. The highest BCUT2D eigenvalue weighted by atomic mass is 32.2. The van der Waals surface area contributed by atoms with E-state index in [9.17, 15) is 13.5 Å². The molecule has 92 valence electrons. The van der Waals surface area contributed by atoms with E-state index < -0.39 is 21.2 Å². The van der Waals surface area contributed by atoms with Gasteiger partial charge >= 0.3 is 0 Å². The van der Waals surface area contributed by atoms with Crippen LogP contribution in [-0.4, -0.2) is 25.9 Å². The summed E-state index contributed by atoms with van der Waals surface area (Å²) in [5.41, 5.74) is 1.53. The summed E-state index contributed by atoms with van der Waals surface area (Å²) in [6.45, 7) is 1.87. The van der Waals surface area contributed by atoms with Crippen LogP contribution in [0.15, 0.2) is 24.3 Å². The Balaban J connectivity index is 3.22. The first-order valence-corrected chi connectivity index (χ1v) is 7.18. The third-order valence-electron chi connectivity index (χ3n) is 2.51. The lowest BCUT2D eigenvalue weighted by Gasteiger charge is -2.20. The van der Waals surface area contributed by atoms with Gasteiger partial charge < -0.3 is 5.11 Å². The van der Waals surface area contributed by atoms with Gasteiger partial charge in [-0.25, -0.2) is 8.42 Å². The summed E-state index contributed by atoms with van der Waals surface area (Å²) < 4.78 is 23.5. The predicted molar refractivity (Wildman–Crippen MR) is 68.2 cm³/mol. The fraction of sp³-hybridized carbons (Fsp3) is 0.385. The van der Waals surface area contributed by atoms with E-state index in [1.807, 2.05) is 13.0 Å². The normalized spacial score (nSPS) is 14.9. The SMILES string of the molecule is C#CCC(O)C(c1cccc(C)c1)S(C)(=O)=O. The highest BCUT2D eigenvalue weighted by molar-refractivity contribution is 7.91. The maximum atomic E-state index is 11.7. The van der Waals surface area contributed by atoms with Gasteiger partial charge in [0.15, 0.2) is 9.84 Å². The molecule has 1 N–H and O–H groups in total. The molecule has 0 radical (unpaired) electrons. The molecular formula is C13H16O3S. The van der Waals surface area contributed by atoms with Crippen LogP contribution in [0.25, 0.3) is 0 Å². The molecule has 1 aromatic rings. The zero-order valence-electron chi connectivity index (χ0n) is 9.92. The van der Waals surface area contributed by atoms with Gasteiger partial charge in [0.2, 0.25) is 0 Å². The second kappa shape index (κ2) is 5.35. The highest BCUT2D eigenvalue weighted by Gasteiger charge is 2.30. The number of aliphatic hydroxyl groups is 1. The Labute approximate surface area is 102 Å². The zero-order valence-corrected chi connectivity index (χ0v) is 10.7. The van der Waals surface area contributed by atoms with Gasteiger partial charge in [-0.3, -0.25) is 0 Å². The van der Waals surface area contributed by atoms with Crippen LogP contribution in [0.1, 0.15) is 22.8 Å². The number of benzene rings is 1. The summed E-state index contributed by atoms with van der Waals surface area (Å²) in [5.74, 6) is 2.29. The Kier molecular flexibility index (Phi) is 4.33. The molecule has 2 unspecified atom stereocenters. The van der Waals surface area contributed by atoms with E-state index in [1.54, 1.807) is 18.2 Å². The van der Waals surface area contributed by atoms with E-state index in [4.69, 9.17) is 6.42 Å². The Morgan fingerprint density at radius 2 is 2.12 bits per heavy atom. The first-order valence-electron chi connectivity index (χ1n) is 5.23. The molecule has 2 atom stereocenters. The van der Waals surface area contributed by atoms with E-state index in [1.165, 1.54) is 0 Å². The number of terminal acetylenes is 1. The molecule has 0 bridgehead atoms. The molecule has 0 aliphatic rings. The number of rotatable bonds is 4. The van der Waals surface area contributed by atoms with Crippen molar-refractivity contribution in [3.8, 4) is 12.3 Å². The van der Waals surface area contributed by atoms with Crippen LogP contribution >= 0.6 is 0 Å². The third kappa shape index (κ3) is 3.58. The van der Waals surface area contributed by atoms with Crippen LogP contribution in [0.5, 0.6) is 0 Å². The molecule has 0 fully saturated rings. The molecule has 1 rings (SSSR count). The molecule has 3 nitrogen and oxygen atoms in total. The smallest absolute Gasteiger partial charge is 0.157 e. The highest BCUT2D eigenvalue weighted by Crippen LogP contribution is 2.27. The van der Waals surface area contributed by atoms with Crippen LogP contribution in [0.3, 0.4) is 0 Å². The second-order valence-corrected chi connectivity index (χ2v) is 6.31. The van der Waals surface area contributed by atoms with Crippen molar-refractivity contribution in [1.82, 2.24) is 0 Å². The Bertz CT molecular complexity index is 526. The fourth-order valence-corrected chi connectivity index (χ4v) is 3.14. The number of sulfone groups is 1. The van der Waals surface area contributed by atoms with Gasteiger partial charge in [0, 0.05) is 12.7 Å². The van der Waals surface area contributed by atoms with E-state index in [0.29, 0.717) is 5.56 Å². The zero-order chi connectivity index (χ0) is 13.1. The molecule has 0 aliphatic heterocycles.